The Morgan fingerprint density at radius 3 is 2.25 bits per heavy atom. The van der Waals surface area contributed by atoms with Crippen LogP contribution in [0.5, 0.6) is 17.2 Å². The molecule has 0 unspecified atom stereocenters. The molecule has 20 heavy (non-hydrogen) atoms. The molecule has 0 heterocycles. The number of esters is 1. The lowest BCUT2D eigenvalue weighted by molar-refractivity contribution is -0.134. The van der Waals surface area contributed by atoms with E-state index in [9.17, 15) is 4.79 Å². The first kappa shape index (κ1) is 15.8. The van der Waals surface area contributed by atoms with Gasteiger partial charge in [-0.3, -0.25) is 0 Å². The van der Waals surface area contributed by atoms with Gasteiger partial charge in [0.1, 0.15) is 6.61 Å². The first-order valence-electron chi connectivity index (χ1n) is 6.01. The Labute approximate surface area is 118 Å². The molecule has 2 N–H and O–H groups in total. The quantitative estimate of drug-likeness (QED) is 0.598. The van der Waals surface area contributed by atoms with Crippen molar-refractivity contribution in [2.75, 3.05) is 34.5 Å². The smallest absolute Gasteiger partial charge is 0.330 e. The number of ether oxygens (including phenoxy) is 4. The van der Waals surface area contributed by atoms with Gasteiger partial charge in [0.05, 0.1) is 21.3 Å². The summed E-state index contributed by atoms with van der Waals surface area (Å²) < 4.78 is 20.6. The van der Waals surface area contributed by atoms with E-state index < -0.39 is 5.97 Å². The monoisotopic (exact) mass is 281 g/mol. The summed E-state index contributed by atoms with van der Waals surface area (Å²) in [5.74, 6) is 1.05. The van der Waals surface area contributed by atoms with Crippen molar-refractivity contribution in [2.45, 2.75) is 0 Å². The molecule has 0 fully saturated rings. The van der Waals surface area contributed by atoms with Crippen molar-refractivity contribution in [2.24, 2.45) is 5.73 Å². The standard InChI is InChI=1S/C14H19NO5/c1-17-11-8-10(4-5-13(16)19-3)9-12(18-2)14(11)20-7-6-15/h4-5,8-9H,6-7,15H2,1-3H3/b5-4+. The van der Waals surface area contributed by atoms with Crippen LogP contribution in [0.3, 0.4) is 0 Å². The van der Waals surface area contributed by atoms with Crippen molar-refractivity contribution in [3.63, 3.8) is 0 Å². The van der Waals surface area contributed by atoms with Gasteiger partial charge < -0.3 is 24.7 Å². The molecule has 6 nitrogen and oxygen atoms in total. The molecule has 0 saturated heterocycles. The van der Waals surface area contributed by atoms with Crippen LogP contribution in [0.25, 0.3) is 6.08 Å². The predicted molar refractivity (Wildman–Crippen MR) is 75.1 cm³/mol. The molecule has 0 aliphatic heterocycles. The van der Waals surface area contributed by atoms with E-state index in [1.807, 2.05) is 0 Å². The maximum atomic E-state index is 11.1. The van der Waals surface area contributed by atoms with Crippen molar-refractivity contribution in [3.8, 4) is 17.2 Å². The van der Waals surface area contributed by atoms with Gasteiger partial charge in [-0.15, -0.1) is 0 Å². The van der Waals surface area contributed by atoms with Gasteiger partial charge in [-0.25, -0.2) is 4.79 Å². The normalized spacial score (nSPS) is 10.4. The summed E-state index contributed by atoms with van der Waals surface area (Å²) in [5, 5.41) is 0. The van der Waals surface area contributed by atoms with Crippen LogP contribution in [-0.2, 0) is 9.53 Å². The third-order valence-electron chi connectivity index (χ3n) is 2.46. The number of benzene rings is 1. The molecule has 110 valence electrons. The van der Waals surface area contributed by atoms with E-state index in [-0.39, 0.29) is 0 Å². The summed E-state index contributed by atoms with van der Waals surface area (Å²) in [7, 11) is 4.37. The van der Waals surface area contributed by atoms with Gasteiger partial charge in [-0.1, -0.05) is 0 Å². The Kier molecular flexibility index (Phi) is 6.39. The highest BCUT2D eigenvalue weighted by atomic mass is 16.5. The molecular formula is C14H19NO5. The minimum absolute atomic E-state index is 0.351. The van der Waals surface area contributed by atoms with Crippen molar-refractivity contribution in [1.82, 2.24) is 0 Å². The molecule has 1 aromatic carbocycles. The summed E-state index contributed by atoms with van der Waals surface area (Å²) in [6.45, 7) is 0.736. The molecule has 1 aromatic rings. The number of hydrogen-bond donors (Lipinski definition) is 1. The Balaban J connectivity index is 3.11. The maximum Gasteiger partial charge on any atom is 0.330 e. The molecular weight excluding hydrogens is 262 g/mol. The summed E-state index contributed by atoms with van der Waals surface area (Å²) in [5.41, 5.74) is 6.14. The lowest BCUT2D eigenvalue weighted by Crippen LogP contribution is -2.11. The minimum Gasteiger partial charge on any atom is -0.493 e. The molecule has 0 saturated carbocycles. The summed E-state index contributed by atoms with van der Waals surface area (Å²) >= 11 is 0. The van der Waals surface area contributed by atoms with Gasteiger partial charge in [0.2, 0.25) is 5.75 Å². The van der Waals surface area contributed by atoms with Crippen LogP contribution in [-0.4, -0.2) is 40.5 Å². The van der Waals surface area contributed by atoms with E-state index in [2.05, 4.69) is 4.74 Å². The molecule has 0 radical (unpaired) electrons. The highest BCUT2D eigenvalue weighted by Gasteiger charge is 2.13. The molecule has 0 amide bonds. The molecule has 0 aliphatic rings. The lowest BCUT2D eigenvalue weighted by Gasteiger charge is -2.14. The van der Waals surface area contributed by atoms with Crippen LogP contribution >= 0.6 is 0 Å². The first-order valence-corrected chi connectivity index (χ1v) is 6.01. The van der Waals surface area contributed by atoms with E-state index in [0.717, 1.165) is 5.56 Å². The molecule has 6 heteroatoms. The number of carbonyl (C=O) groups is 1. The number of carbonyl (C=O) groups excluding carboxylic acids is 1. The molecule has 0 bridgehead atoms. The second-order valence-corrected chi connectivity index (χ2v) is 3.75. The summed E-state index contributed by atoms with van der Waals surface area (Å²) in [6.07, 6.45) is 2.91. The molecule has 0 aromatic heterocycles. The van der Waals surface area contributed by atoms with Crippen LogP contribution in [0.4, 0.5) is 0 Å². The Morgan fingerprint density at radius 2 is 1.80 bits per heavy atom. The van der Waals surface area contributed by atoms with Gasteiger partial charge >= 0.3 is 5.97 Å². The molecule has 0 atom stereocenters. The predicted octanol–water partition coefficient (Wildman–Crippen LogP) is 1.23. The molecule has 0 spiro atoms. The van der Waals surface area contributed by atoms with Crippen molar-refractivity contribution >= 4 is 12.0 Å². The maximum absolute atomic E-state index is 11.1. The number of methoxy groups -OCH3 is 3. The fourth-order valence-corrected chi connectivity index (χ4v) is 1.53. The zero-order chi connectivity index (χ0) is 15.0. The third kappa shape index (κ3) is 4.17. The zero-order valence-electron chi connectivity index (χ0n) is 11.8. The van der Waals surface area contributed by atoms with E-state index >= 15 is 0 Å². The minimum atomic E-state index is -0.439. The van der Waals surface area contributed by atoms with Crippen molar-refractivity contribution in [3.05, 3.63) is 23.8 Å². The SMILES string of the molecule is COC(=O)/C=C/c1cc(OC)c(OCCN)c(OC)c1. The third-order valence-corrected chi connectivity index (χ3v) is 2.46. The van der Waals surface area contributed by atoms with Gasteiger partial charge in [0.25, 0.3) is 0 Å². The Hall–Kier alpha value is -2.21. The summed E-state index contributed by atoms with van der Waals surface area (Å²) in [6, 6.07) is 3.46. The van der Waals surface area contributed by atoms with Gasteiger partial charge in [-0.05, 0) is 23.8 Å². The van der Waals surface area contributed by atoms with E-state index in [0.29, 0.717) is 30.4 Å². The Morgan fingerprint density at radius 1 is 1.20 bits per heavy atom. The topological polar surface area (TPSA) is 80.0 Å². The van der Waals surface area contributed by atoms with Crippen LogP contribution < -0.4 is 19.9 Å². The second kappa shape index (κ2) is 8.06. The lowest BCUT2D eigenvalue weighted by atomic mass is 10.1. The van der Waals surface area contributed by atoms with Gasteiger partial charge in [0, 0.05) is 12.6 Å². The van der Waals surface area contributed by atoms with E-state index in [1.165, 1.54) is 27.4 Å². The second-order valence-electron chi connectivity index (χ2n) is 3.75. The zero-order valence-corrected chi connectivity index (χ0v) is 11.8. The Bertz CT molecular complexity index is 459. The number of nitrogens with two attached hydrogens (primary N) is 1. The molecule has 1 rings (SSSR count). The highest BCUT2D eigenvalue weighted by molar-refractivity contribution is 5.87. The largest absolute Gasteiger partial charge is 0.493 e. The van der Waals surface area contributed by atoms with Crippen molar-refractivity contribution < 1.29 is 23.7 Å². The van der Waals surface area contributed by atoms with Gasteiger partial charge in [0.15, 0.2) is 11.5 Å². The van der Waals surface area contributed by atoms with Crippen molar-refractivity contribution in [1.29, 1.82) is 0 Å². The number of rotatable bonds is 7. The van der Waals surface area contributed by atoms with E-state index in [1.54, 1.807) is 18.2 Å². The van der Waals surface area contributed by atoms with E-state index in [4.69, 9.17) is 19.9 Å². The number of hydrogen-bond acceptors (Lipinski definition) is 6. The van der Waals surface area contributed by atoms with Gasteiger partial charge in [-0.2, -0.15) is 0 Å². The summed E-state index contributed by atoms with van der Waals surface area (Å²) in [4.78, 5) is 11.1. The fraction of sp³-hybridized carbons (Fsp3) is 0.357. The average molecular weight is 281 g/mol. The highest BCUT2D eigenvalue weighted by Crippen LogP contribution is 2.38. The van der Waals surface area contributed by atoms with Crippen LogP contribution in [0.2, 0.25) is 0 Å². The van der Waals surface area contributed by atoms with Crippen LogP contribution in [0.15, 0.2) is 18.2 Å². The first-order chi connectivity index (χ1) is 9.65. The van der Waals surface area contributed by atoms with Crippen LogP contribution in [0.1, 0.15) is 5.56 Å². The van der Waals surface area contributed by atoms with Crippen LogP contribution in [0, 0.1) is 0 Å². The fourth-order valence-electron chi connectivity index (χ4n) is 1.53. The molecule has 0 aliphatic carbocycles. The average Bonchev–Trinajstić information content (AvgIpc) is 2.49.